The number of nitrogens with two attached hydrogens (primary N) is 1. The van der Waals surface area contributed by atoms with Gasteiger partial charge in [0.15, 0.2) is 0 Å². The van der Waals surface area contributed by atoms with Gasteiger partial charge in [-0.1, -0.05) is 31.5 Å². The van der Waals surface area contributed by atoms with Crippen LogP contribution in [0.2, 0.25) is 0 Å². The zero-order valence-corrected chi connectivity index (χ0v) is 12.6. The molecule has 3 heteroatoms. The minimum Gasteiger partial charge on any atom is -0.491 e. The molecule has 108 valence electrons. The van der Waals surface area contributed by atoms with Gasteiger partial charge in [0.1, 0.15) is 12.4 Å². The fourth-order valence-electron chi connectivity index (χ4n) is 1.89. The molecule has 0 bridgehead atoms. The Kier molecular flexibility index (Phi) is 6.89. The molecule has 1 atom stereocenters. The lowest BCUT2D eigenvalue weighted by molar-refractivity contribution is 0.0816. The van der Waals surface area contributed by atoms with E-state index in [1.165, 1.54) is 11.1 Å². The van der Waals surface area contributed by atoms with Gasteiger partial charge in [-0.15, -0.1) is 0 Å². The number of benzene rings is 1. The van der Waals surface area contributed by atoms with Crippen molar-refractivity contribution in [2.75, 3.05) is 19.8 Å². The topological polar surface area (TPSA) is 44.5 Å². The number of hydrogen-bond donors (Lipinski definition) is 1. The van der Waals surface area contributed by atoms with E-state index in [0.717, 1.165) is 18.8 Å². The molecule has 0 heterocycles. The van der Waals surface area contributed by atoms with Crippen LogP contribution in [0.25, 0.3) is 0 Å². The summed E-state index contributed by atoms with van der Waals surface area (Å²) in [5.41, 5.74) is 8.29. The average molecular weight is 265 g/mol. The second-order valence-electron chi connectivity index (χ2n) is 5.61. The van der Waals surface area contributed by atoms with Gasteiger partial charge >= 0.3 is 0 Å². The summed E-state index contributed by atoms with van der Waals surface area (Å²) in [6.07, 6.45) is 0.837. The number of aryl methyl sites for hydroxylation is 1. The Morgan fingerprint density at radius 2 is 1.89 bits per heavy atom. The van der Waals surface area contributed by atoms with Gasteiger partial charge in [-0.2, -0.15) is 0 Å². The number of rotatable bonds is 8. The molecule has 1 unspecified atom stereocenters. The highest BCUT2D eigenvalue weighted by molar-refractivity contribution is 5.37. The van der Waals surface area contributed by atoms with E-state index in [9.17, 15) is 0 Å². The minimum absolute atomic E-state index is 0.140. The van der Waals surface area contributed by atoms with Crippen molar-refractivity contribution < 1.29 is 9.47 Å². The highest BCUT2D eigenvalue weighted by Gasteiger charge is 2.06. The Balaban J connectivity index is 2.47. The first kappa shape index (κ1) is 16.0. The fourth-order valence-corrected chi connectivity index (χ4v) is 1.89. The summed E-state index contributed by atoms with van der Waals surface area (Å²) in [4.78, 5) is 0. The first-order chi connectivity index (χ1) is 8.99. The summed E-state index contributed by atoms with van der Waals surface area (Å²) in [6, 6.07) is 6.37. The fraction of sp³-hybridized carbons (Fsp3) is 0.625. The molecule has 1 aromatic rings. The lowest BCUT2D eigenvalue weighted by Crippen LogP contribution is -2.19. The molecular formula is C16H27NO2. The Morgan fingerprint density at radius 1 is 1.16 bits per heavy atom. The summed E-state index contributed by atoms with van der Waals surface area (Å²) in [7, 11) is 0. The molecule has 0 spiro atoms. The summed E-state index contributed by atoms with van der Waals surface area (Å²) >= 11 is 0. The normalized spacial score (nSPS) is 12.7. The van der Waals surface area contributed by atoms with E-state index in [1.807, 2.05) is 13.0 Å². The van der Waals surface area contributed by atoms with Crippen molar-refractivity contribution in [3.05, 3.63) is 29.3 Å². The molecule has 0 aromatic heterocycles. The van der Waals surface area contributed by atoms with Gasteiger partial charge in [0.05, 0.1) is 6.61 Å². The quantitative estimate of drug-likeness (QED) is 0.735. The van der Waals surface area contributed by atoms with Crippen LogP contribution in [0.1, 0.15) is 31.9 Å². The Hall–Kier alpha value is -1.06. The Labute approximate surface area is 117 Å². The van der Waals surface area contributed by atoms with E-state index in [4.69, 9.17) is 15.2 Å². The van der Waals surface area contributed by atoms with Crippen molar-refractivity contribution in [1.82, 2.24) is 0 Å². The standard InChI is InChI=1S/C16H27NO2/c1-12(2)11-18-7-8-19-16-6-5-13(3)9-15(16)10-14(4)17/h5-6,9,12,14H,7-8,10-11,17H2,1-4H3. The maximum absolute atomic E-state index is 5.87. The van der Waals surface area contributed by atoms with E-state index in [-0.39, 0.29) is 6.04 Å². The van der Waals surface area contributed by atoms with E-state index in [1.54, 1.807) is 0 Å². The van der Waals surface area contributed by atoms with Crippen molar-refractivity contribution in [2.45, 2.75) is 40.2 Å². The van der Waals surface area contributed by atoms with E-state index >= 15 is 0 Å². The van der Waals surface area contributed by atoms with Gasteiger partial charge in [0.25, 0.3) is 0 Å². The second kappa shape index (κ2) is 8.18. The molecule has 19 heavy (non-hydrogen) atoms. The monoisotopic (exact) mass is 265 g/mol. The van der Waals surface area contributed by atoms with Gasteiger partial charge in [-0.05, 0) is 37.8 Å². The highest BCUT2D eigenvalue weighted by Crippen LogP contribution is 2.21. The number of hydrogen-bond acceptors (Lipinski definition) is 3. The second-order valence-corrected chi connectivity index (χ2v) is 5.61. The SMILES string of the molecule is Cc1ccc(OCCOCC(C)C)c(CC(C)N)c1. The largest absolute Gasteiger partial charge is 0.491 e. The maximum atomic E-state index is 5.87. The zero-order chi connectivity index (χ0) is 14.3. The van der Waals surface area contributed by atoms with Crippen LogP contribution >= 0.6 is 0 Å². The van der Waals surface area contributed by atoms with Crippen LogP contribution in [0, 0.1) is 12.8 Å². The summed E-state index contributed by atoms with van der Waals surface area (Å²) in [6.45, 7) is 10.4. The van der Waals surface area contributed by atoms with Crippen molar-refractivity contribution in [3.8, 4) is 5.75 Å². The van der Waals surface area contributed by atoms with Crippen LogP contribution in [0.4, 0.5) is 0 Å². The molecule has 0 amide bonds. The molecule has 0 aliphatic heterocycles. The molecule has 0 saturated heterocycles. The van der Waals surface area contributed by atoms with Crippen LogP contribution in [-0.4, -0.2) is 25.9 Å². The van der Waals surface area contributed by atoms with Crippen molar-refractivity contribution in [2.24, 2.45) is 11.7 Å². The summed E-state index contributed by atoms with van der Waals surface area (Å²) in [5, 5.41) is 0. The lowest BCUT2D eigenvalue weighted by Gasteiger charge is -2.14. The third-order valence-corrected chi connectivity index (χ3v) is 2.69. The highest BCUT2D eigenvalue weighted by atomic mass is 16.5. The summed E-state index contributed by atoms with van der Waals surface area (Å²) < 4.78 is 11.3. The first-order valence-electron chi connectivity index (χ1n) is 7.04. The van der Waals surface area contributed by atoms with Crippen LogP contribution in [-0.2, 0) is 11.2 Å². The smallest absolute Gasteiger partial charge is 0.122 e. The van der Waals surface area contributed by atoms with Crippen LogP contribution in [0.3, 0.4) is 0 Å². The molecule has 0 radical (unpaired) electrons. The van der Waals surface area contributed by atoms with Crippen molar-refractivity contribution in [3.63, 3.8) is 0 Å². The first-order valence-corrected chi connectivity index (χ1v) is 7.04. The zero-order valence-electron chi connectivity index (χ0n) is 12.6. The van der Waals surface area contributed by atoms with E-state index < -0.39 is 0 Å². The molecule has 2 N–H and O–H groups in total. The molecule has 3 nitrogen and oxygen atoms in total. The van der Waals surface area contributed by atoms with Crippen molar-refractivity contribution in [1.29, 1.82) is 0 Å². The van der Waals surface area contributed by atoms with E-state index in [2.05, 4.69) is 32.9 Å². The predicted molar refractivity (Wildman–Crippen MR) is 79.7 cm³/mol. The molecule has 0 aliphatic carbocycles. The minimum atomic E-state index is 0.140. The molecule has 0 saturated carbocycles. The predicted octanol–water partition coefficient (Wildman–Crippen LogP) is 2.94. The summed E-state index contributed by atoms with van der Waals surface area (Å²) in [5.74, 6) is 1.49. The molecule has 0 fully saturated rings. The third-order valence-electron chi connectivity index (χ3n) is 2.69. The van der Waals surface area contributed by atoms with Gasteiger partial charge in [0, 0.05) is 12.6 Å². The lowest BCUT2D eigenvalue weighted by atomic mass is 10.0. The number of ether oxygens (including phenoxy) is 2. The maximum Gasteiger partial charge on any atom is 0.122 e. The van der Waals surface area contributed by atoms with Gasteiger partial charge in [0.2, 0.25) is 0 Å². The third kappa shape index (κ3) is 6.60. The van der Waals surface area contributed by atoms with Crippen molar-refractivity contribution >= 4 is 0 Å². The van der Waals surface area contributed by atoms with Crippen LogP contribution in [0.5, 0.6) is 5.75 Å². The Morgan fingerprint density at radius 3 is 2.53 bits per heavy atom. The molecule has 1 aromatic carbocycles. The van der Waals surface area contributed by atoms with Gasteiger partial charge in [-0.3, -0.25) is 0 Å². The Bertz CT molecular complexity index is 375. The molecule has 1 rings (SSSR count). The van der Waals surface area contributed by atoms with E-state index in [0.29, 0.717) is 19.1 Å². The molecular weight excluding hydrogens is 238 g/mol. The van der Waals surface area contributed by atoms with Gasteiger partial charge in [-0.25, -0.2) is 0 Å². The molecule has 0 aliphatic rings. The van der Waals surface area contributed by atoms with Crippen LogP contribution < -0.4 is 10.5 Å². The van der Waals surface area contributed by atoms with Gasteiger partial charge < -0.3 is 15.2 Å². The van der Waals surface area contributed by atoms with Crippen LogP contribution in [0.15, 0.2) is 18.2 Å². The average Bonchev–Trinajstić information content (AvgIpc) is 2.30.